The van der Waals surface area contributed by atoms with Crippen LogP contribution in [-0.2, 0) is 11.2 Å². The third-order valence-electron chi connectivity index (χ3n) is 3.84. The van der Waals surface area contributed by atoms with Crippen molar-refractivity contribution in [2.24, 2.45) is 0 Å². The summed E-state index contributed by atoms with van der Waals surface area (Å²) in [7, 11) is 0. The fourth-order valence-corrected chi connectivity index (χ4v) is 2.69. The molecule has 3 rings (SSSR count). The number of benzene rings is 1. The van der Waals surface area contributed by atoms with Gasteiger partial charge in [0.05, 0.1) is 0 Å². The molecule has 0 bridgehead atoms. The third kappa shape index (κ3) is 4.53. The van der Waals surface area contributed by atoms with Gasteiger partial charge in [0.1, 0.15) is 0 Å². The molecule has 122 valence electrons. The molecular weight excluding hydrogens is 316 g/mol. The molecule has 0 radical (unpaired) electrons. The first-order valence-electron chi connectivity index (χ1n) is 7.79. The number of rotatable bonds is 5. The fourth-order valence-electron chi connectivity index (χ4n) is 2.56. The van der Waals surface area contributed by atoms with Gasteiger partial charge in [0.25, 0.3) is 0 Å². The Morgan fingerprint density at radius 3 is 2.78 bits per heavy atom. The number of amides is 1. The highest BCUT2D eigenvalue weighted by atomic mass is 35.5. The van der Waals surface area contributed by atoms with Gasteiger partial charge in [0.2, 0.25) is 17.6 Å². The van der Waals surface area contributed by atoms with Gasteiger partial charge in [-0.2, -0.15) is 4.98 Å². The Kier molecular flexibility index (Phi) is 5.25. The summed E-state index contributed by atoms with van der Waals surface area (Å²) >= 11 is 5.86. The van der Waals surface area contributed by atoms with Crippen molar-refractivity contribution >= 4 is 17.5 Å². The minimum absolute atomic E-state index is 0.0307. The fraction of sp³-hybridized carbons (Fsp3) is 0.438. The molecule has 23 heavy (non-hydrogen) atoms. The maximum Gasteiger partial charge on any atom is 0.227 e. The van der Waals surface area contributed by atoms with E-state index in [9.17, 15) is 4.79 Å². The molecule has 1 amide bonds. The molecule has 0 aliphatic carbocycles. The number of hydrogen-bond acceptors (Lipinski definition) is 5. The lowest BCUT2D eigenvalue weighted by Crippen LogP contribution is -2.42. The molecule has 2 heterocycles. The SMILES string of the molecule is O=C(CCc1nc(-c2ccc(Cl)cc2)no1)NC1CCNCC1. The van der Waals surface area contributed by atoms with Crippen molar-refractivity contribution in [3.05, 3.63) is 35.2 Å². The van der Waals surface area contributed by atoms with Crippen LogP contribution < -0.4 is 10.6 Å². The molecule has 6 nitrogen and oxygen atoms in total. The predicted octanol–water partition coefficient (Wildman–Crippen LogP) is 2.19. The number of halogens is 1. The minimum atomic E-state index is 0.0307. The lowest BCUT2D eigenvalue weighted by molar-refractivity contribution is -0.122. The van der Waals surface area contributed by atoms with Crippen LogP contribution in [0.25, 0.3) is 11.4 Å². The Balaban J connectivity index is 1.50. The highest BCUT2D eigenvalue weighted by Crippen LogP contribution is 2.19. The van der Waals surface area contributed by atoms with Crippen LogP contribution in [0.1, 0.15) is 25.2 Å². The van der Waals surface area contributed by atoms with Crippen molar-refractivity contribution in [3.8, 4) is 11.4 Å². The molecule has 1 saturated heterocycles. The van der Waals surface area contributed by atoms with E-state index in [0.717, 1.165) is 31.5 Å². The molecule has 2 N–H and O–H groups in total. The first-order chi connectivity index (χ1) is 11.2. The maximum atomic E-state index is 12.0. The highest BCUT2D eigenvalue weighted by molar-refractivity contribution is 6.30. The number of aryl methyl sites for hydroxylation is 1. The predicted molar refractivity (Wildman–Crippen MR) is 87.1 cm³/mol. The zero-order chi connectivity index (χ0) is 16.1. The standard InChI is InChI=1S/C16H19ClN4O2/c17-12-3-1-11(2-4-12)16-20-15(23-21-16)6-5-14(22)19-13-7-9-18-10-8-13/h1-4,13,18H,5-10H2,(H,19,22). The summed E-state index contributed by atoms with van der Waals surface area (Å²) < 4.78 is 5.21. The lowest BCUT2D eigenvalue weighted by atomic mass is 10.1. The topological polar surface area (TPSA) is 80.0 Å². The number of carbonyl (C=O) groups is 1. The molecule has 0 atom stereocenters. The van der Waals surface area contributed by atoms with E-state index in [4.69, 9.17) is 16.1 Å². The van der Waals surface area contributed by atoms with Gasteiger partial charge in [-0.1, -0.05) is 16.8 Å². The summed E-state index contributed by atoms with van der Waals surface area (Å²) in [6, 6.07) is 7.50. The van der Waals surface area contributed by atoms with Gasteiger partial charge in [-0.3, -0.25) is 4.79 Å². The van der Waals surface area contributed by atoms with Crippen molar-refractivity contribution in [2.75, 3.05) is 13.1 Å². The molecule has 1 aromatic heterocycles. The molecule has 0 unspecified atom stereocenters. The normalized spacial score (nSPS) is 15.5. The Morgan fingerprint density at radius 1 is 1.30 bits per heavy atom. The second-order valence-corrected chi connectivity index (χ2v) is 6.05. The maximum absolute atomic E-state index is 12.0. The molecule has 1 aliphatic rings. The Labute approximate surface area is 139 Å². The molecule has 7 heteroatoms. The summed E-state index contributed by atoms with van der Waals surface area (Å²) in [5.41, 5.74) is 0.837. The monoisotopic (exact) mass is 334 g/mol. The van der Waals surface area contributed by atoms with Gasteiger partial charge in [-0.05, 0) is 50.2 Å². The van der Waals surface area contributed by atoms with Crippen LogP contribution >= 0.6 is 11.6 Å². The van der Waals surface area contributed by atoms with E-state index < -0.39 is 0 Å². The van der Waals surface area contributed by atoms with Crippen LogP contribution in [0.15, 0.2) is 28.8 Å². The van der Waals surface area contributed by atoms with E-state index in [1.165, 1.54) is 0 Å². The molecular formula is C16H19ClN4O2. The lowest BCUT2D eigenvalue weighted by Gasteiger charge is -2.23. The summed E-state index contributed by atoms with van der Waals surface area (Å²) in [6.07, 6.45) is 2.75. The van der Waals surface area contributed by atoms with E-state index in [-0.39, 0.29) is 11.9 Å². The van der Waals surface area contributed by atoms with Crippen LogP contribution in [0.4, 0.5) is 0 Å². The number of nitrogens with one attached hydrogen (secondary N) is 2. The zero-order valence-corrected chi connectivity index (χ0v) is 13.5. The van der Waals surface area contributed by atoms with Crippen LogP contribution in [0, 0.1) is 0 Å². The molecule has 1 aromatic carbocycles. The van der Waals surface area contributed by atoms with Gasteiger partial charge >= 0.3 is 0 Å². The quantitative estimate of drug-likeness (QED) is 0.876. The van der Waals surface area contributed by atoms with Gasteiger partial charge < -0.3 is 15.2 Å². The summed E-state index contributed by atoms with van der Waals surface area (Å²) in [5, 5.41) is 10.9. The molecule has 0 spiro atoms. The molecule has 2 aromatic rings. The third-order valence-corrected chi connectivity index (χ3v) is 4.09. The molecule has 1 fully saturated rings. The minimum Gasteiger partial charge on any atom is -0.353 e. The second kappa shape index (κ2) is 7.57. The molecule has 0 saturated carbocycles. The van der Waals surface area contributed by atoms with Crippen molar-refractivity contribution in [2.45, 2.75) is 31.7 Å². The van der Waals surface area contributed by atoms with Crippen LogP contribution in [0.3, 0.4) is 0 Å². The van der Waals surface area contributed by atoms with Gasteiger partial charge in [0, 0.05) is 29.5 Å². The Morgan fingerprint density at radius 2 is 2.04 bits per heavy atom. The van der Waals surface area contributed by atoms with E-state index in [0.29, 0.717) is 29.6 Å². The molecule has 1 aliphatic heterocycles. The number of carbonyl (C=O) groups excluding carboxylic acids is 1. The number of piperidine rings is 1. The van der Waals surface area contributed by atoms with Crippen LogP contribution in [0.2, 0.25) is 5.02 Å². The zero-order valence-electron chi connectivity index (χ0n) is 12.7. The van der Waals surface area contributed by atoms with E-state index in [2.05, 4.69) is 20.8 Å². The Bertz CT molecular complexity index is 650. The number of nitrogens with zero attached hydrogens (tertiary/aromatic N) is 2. The average Bonchev–Trinajstić information content (AvgIpc) is 3.04. The summed E-state index contributed by atoms with van der Waals surface area (Å²) in [6.45, 7) is 1.91. The smallest absolute Gasteiger partial charge is 0.227 e. The van der Waals surface area contributed by atoms with Gasteiger partial charge in [-0.15, -0.1) is 0 Å². The van der Waals surface area contributed by atoms with E-state index >= 15 is 0 Å². The average molecular weight is 335 g/mol. The Hall–Kier alpha value is -1.92. The first kappa shape index (κ1) is 16.0. The van der Waals surface area contributed by atoms with Crippen LogP contribution in [0.5, 0.6) is 0 Å². The van der Waals surface area contributed by atoms with Crippen molar-refractivity contribution in [1.82, 2.24) is 20.8 Å². The largest absolute Gasteiger partial charge is 0.353 e. The van der Waals surface area contributed by atoms with E-state index in [1.54, 1.807) is 12.1 Å². The van der Waals surface area contributed by atoms with Crippen LogP contribution in [-0.4, -0.2) is 35.2 Å². The van der Waals surface area contributed by atoms with Gasteiger partial charge in [-0.25, -0.2) is 0 Å². The van der Waals surface area contributed by atoms with Gasteiger partial charge in [0.15, 0.2) is 0 Å². The second-order valence-electron chi connectivity index (χ2n) is 5.61. The highest BCUT2D eigenvalue weighted by Gasteiger charge is 2.16. The number of hydrogen-bond donors (Lipinski definition) is 2. The van der Waals surface area contributed by atoms with E-state index in [1.807, 2.05) is 12.1 Å². The van der Waals surface area contributed by atoms with Crippen molar-refractivity contribution in [1.29, 1.82) is 0 Å². The van der Waals surface area contributed by atoms with Crippen molar-refractivity contribution in [3.63, 3.8) is 0 Å². The first-order valence-corrected chi connectivity index (χ1v) is 8.17. The van der Waals surface area contributed by atoms with Crippen molar-refractivity contribution < 1.29 is 9.32 Å². The summed E-state index contributed by atoms with van der Waals surface area (Å²) in [5.74, 6) is 1.01. The number of aromatic nitrogens is 2. The summed E-state index contributed by atoms with van der Waals surface area (Å²) in [4.78, 5) is 16.3.